The smallest absolute Gasteiger partial charge is 0.291 e. The lowest BCUT2D eigenvalue weighted by molar-refractivity contribution is 0.0997. The first-order chi connectivity index (χ1) is 16.4. The van der Waals surface area contributed by atoms with Gasteiger partial charge in [0.25, 0.3) is 5.91 Å². The van der Waals surface area contributed by atoms with Gasteiger partial charge < -0.3 is 24.5 Å². The van der Waals surface area contributed by atoms with Crippen LogP contribution in [0, 0.1) is 20.8 Å². The van der Waals surface area contributed by atoms with Crippen molar-refractivity contribution in [3.05, 3.63) is 87.8 Å². The molecule has 0 fully saturated rings. The number of thiophene rings is 1. The number of nitrogens with one attached hydrogen (secondary N) is 2. The molecule has 1 aromatic carbocycles. The number of anilines is 2. The Bertz CT molecular complexity index is 1300. The molecule has 8 heteroatoms. The van der Waals surface area contributed by atoms with Crippen LogP contribution in [0.25, 0.3) is 0 Å². The van der Waals surface area contributed by atoms with Crippen LogP contribution in [0.1, 0.15) is 43.7 Å². The molecule has 7 nitrogen and oxygen atoms in total. The van der Waals surface area contributed by atoms with Gasteiger partial charge in [-0.05, 0) is 62.2 Å². The Labute approximate surface area is 202 Å². The highest BCUT2D eigenvalue weighted by Gasteiger charge is 2.29. The lowest BCUT2D eigenvalue weighted by Crippen LogP contribution is -2.18. The van der Waals surface area contributed by atoms with Gasteiger partial charge in [-0.3, -0.25) is 4.79 Å². The second-order valence-corrected chi connectivity index (χ2v) is 9.06. The van der Waals surface area contributed by atoms with E-state index in [-0.39, 0.29) is 17.7 Å². The molecule has 0 aliphatic heterocycles. The number of rotatable bonds is 8. The largest absolute Gasteiger partial charge is 0.493 e. The van der Waals surface area contributed by atoms with E-state index >= 15 is 0 Å². The molecule has 0 bridgehead atoms. The van der Waals surface area contributed by atoms with Crippen LogP contribution in [-0.4, -0.2) is 25.1 Å². The van der Waals surface area contributed by atoms with Gasteiger partial charge in [0.2, 0.25) is 0 Å². The Hall–Kier alpha value is -3.78. The minimum Gasteiger partial charge on any atom is -0.493 e. The summed E-state index contributed by atoms with van der Waals surface area (Å²) in [6.07, 6.45) is 3.25. The second kappa shape index (κ2) is 10.0. The third kappa shape index (κ3) is 4.63. The number of ether oxygens (including phenoxy) is 2. The fraction of sp³-hybridized carbons (Fsp3) is 0.231. The van der Waals surface area contributed by atoms with E-state index < -0.39 is 0 Å². The molecule has 4 aromatic rings. The number of aryl methyl sites for hydroxylation is 2. The lowest BCUT2D eigenvalue weighted by atomic mass is 9.95. The van der Waals surface area contributed by atoms with E-state index in [1.165, 1.54) is 17.6 Å². The molecule has 4 rings (SSSR count). The van der Waals surface area contributed by atoms with Gasteiger partial charge in [0.05, 0.1) is 26.5 Å². The fourth-order valence-electron chi connectivity index (χ4n) is 3.87. The van der Waals surface area contributed by atoms with Crippen molar-refractivity contribution < 1.29 is 18.7 Å². The molecule has 0 aliphatic carbocycles. The van der Waals surface area contributed by atoms with Crippen LogP contribution in [0.3, 0.4) is 0 Å². The number of amides is 1. The molecule has 0 radical (unpaired) electrons. The number of pyridine rings is 1. The molecule has 2 N–H and O–H groups in total. The normalized spacial score (nSPS) is 11.7. The predicted molar refractivity (Wildman–Crippen MR) is 134 cm³/mol. The van der Waals surface area contributed by atoms with Crippen molar-refractivity contribution >= 4 is 28.1 Å². The van der Waals surface area contributed by atoms with Crippen molar-refractivity contribution in [2.24, 2.45) is 0 Å². The minimum atomic E-state index is -0.379. The topological polar surface area (TPSA) is 85.6 Å². The summed E-state index contributed by atoms with van der Waals surface area (Å²) >= 11 is 1.52. The average molecular weight is 478 g/mol. The number of methoxy groups -OCH3 is 2. The Morgan fingerprint density at radius 3 is 2.59 bits per heavy atom. The predicted octanol–water partition coefficient (Wildman–Crippen LogP) is 6.13. The maximum absolute atomic E-state index is 12.9. The van der Waals surface area contributed by atoms with Crippen LogP contribution in [0.5, 0.6) is 11.5 Å². The maximum Gasteiger partial charge on any atom is 0.291 e. The number of nitrogens with zero attached hydrogens (tertiary/aromatic N) is 1. The van der Waals surface area contributed by atoms with Crippen LogP contribution in [0.15, 0.2) is 59.3 Å². The number of hydrogen-bond donors (Lipinski definition) is 2. The van der Waals surface area contributed by atoms with Gasteiger partial charge in [0, 0.05) is 22.2 Å². The monoisotopic (exact) mass is 477 g/mol. The van der Waals surface area contributed by atoms with Crippen LogP contribution >= 0.6 is 11.3 Å². The van der Waals surface area contributed by atoms with Gasteiger partial charge in [0.15, 0.2) is 17.3 Å². The molecule has 0 unspecified atom stereocenters. The first-order valence-electron chi connectivity index (χ1n) is 10.8. The molecular weight excluding hydrogens is 450 g/mol. The molecule has 176 valence electrons. The zero-order valence-corrected chi connectivity index (χ0v) is 20.6. The first kappa shape index (κ1) is 23.4. The fourth-order valence-corrected chi connectivity index (χ4v) is 4.96. The van der Waals surface area contributed by atoms with Crippen LogP contribution < -0.4 is 20.1 Å². The number of furan rings is 1. The number of para-hydroxylation sites is 1. The molecular formula is C26H27N3O4S. The zero-order chi connectivity index (χ0) is 24.2. The molecule has 0 spiro atoms. The second-order valence-electron chi connectivity index (χ2n) is 7.84. The van der Waals surface area contributed by atoms with E-state index in [1.54, 1.807) is 32.5 Å². The van der Waals surface area contributed by atoms with Gasteiger partial charge in [-0.1, -0.05) is 12.1 Å². The maximum atomic E-state index is 12.9. The molecule has 34 heavy (non-hydrogen) atoms. The highest BCUT2D eigenvalue weighted by atomic mass is 32.1. The van der Waals surface area contributed by atoms with Gasteiger partial charge in [0.1, 0.15) is 10.8 Å². The highest BCUT2D eigenvalue weighted by molar-refractivity contribution is 7.16. The molecule has 1 atom stereocenters. The van der Waals surface area contributed by atoms with E-state index in [4.69, 9.17) is 13.9 Å². The minimum absolute atomic E-state index is 0.249. The van der Waals surface area contributed by atoms with Gasteiger partial charge in [-0.25, -0.2) is 4.98 Å². The van der Waals surface area contributed by atoms with Crippen molar-refractivity contribution in [3.63, 3.8) is 0 Å². The van der Waals surface area contributed by atoms with Crippen molar-refractivity contribution in [1.82, 2.24) is 4.98 Å². The molecule has 3 heterocycles. The summed E-state index contributed by atoms with van der Waals surface area (Å²) in [5.41, 5.74) is 3.94. The Morgan fingerprint density at radius 2 is 1.91 bits per heavy atom. The number of benzene rings is 1. The van der Waals surface area contributed by atoms with Crippen molar-refractivity contribution in [2.75, 3.05) is 24.9 Å². The number of hydrogen-bond acceptors (Lipinski definition) is 7. The molecule has 1 amide bonds. The van der Waals surface area contributed by atoms with E-state index in [2.05, 4.69) is 22.5 Å². The Kier molecular flexibility index (Phi) is 6.88. The van der Waals surface area contributed by atoms with Gasteiger partial charge in [-0.2, -0.15) is 0 Å². The van der Waals surface area contributed by atoms with Gasteiger partial charge >= 0.3 is 0 Å². The average Bonchev–Trinajstić information content (AvgIpc) is 3.46. The zero-order valence-electron chi connectivity index (χ0n) is 19.8. The molecule has 0 aliphatic rings. The van der Waals surface area contributed by atoms with Crippen LogP contribution in [0.4, 0.5) is 10.8 Å². The van der Waals surface area contributed by atoms with E-state index in [0.717, 1.165) is 32.1 Å². The first-order valence-corrected chi connectivity index (χ1v) is 11.6. The summed E-state index contributed by atoms with van der Waals surface area (Å²) in [5, 5.41) is 7.34. The summed E-state index contributed by atoms with van der Waals surface area (Å²) in [5.74, 6) is 1.88. The van der Waals surface area contributed by atoms with Crippen LogP contribution in [0.2, 0.25) is 0 Å². The van der Waals surface area contributed by atoms with Crippen LogP contribution in [-0.2, 0) is 0 Å². The highest BCUT2D eigenvalue weighted by Crippen LogP contribution is 2.45. The number of carbonyl (C=O) groups excluding carboxylic acids is 1. The van der Waals surface area contributed by atoms with Crippen molar-refractivity contribution in [1.29, 1.82) is 0 Å². The third-order valence-corrected chi connectivity index (χ3v) is 6.78. The van der Waals surface area contributed by atoms with Gasteiger partial charge in [-0.15, -0.1) is 11.3 Å². The van der Waals surface area contributed by atoms with E-state index in [0.29, 0.717) is 17.3 Å². The van der Waals surface area contributed by atoms with Crippen molar-refractivity contribution in [2.45, 2.75) is 26.8 Å². The molecule has 0 saturated carbocycles. The standard InChI is InChI=1S/C26H27N3O4S/c1-15-11-12-27-21(14-15)28-23(18-8-6-9-19(31-4)24(18)32-5)22-16(2)17(3)34-26(22)29-25(30)20-10-7-13-33-20/h6-14,23H,1-5H3,(H,27,28)(H,29,30)/t23-/m0/s1. The van der Waals surface area contributed by atoms with Crippen molar-refractivity contribution in [3.8, 4) is 11.5 Å². The lowest BCUT2D eigenvalue weighted by Gasteiger charge is -2.25. The number of carbonyl (C=O) groups is 1. The summed E-state index contributed by atoms with van der Waals surface area (Å²) in [4.78, 5) is 18.5. The van der Waals surface area contributed by atoms with E-state index in [1.807, 2.05) is 44.2 Å². The summed E-state index contributed by atoms with van der Waals surface area (Å²) in [6.45, 7) is 6.11. The quantitative estimate of drug-likeness (QED) is 0.317. The summed E-state index contributed by atoms with van der Waals surface area (Å²) in [7, 11) is 3.23. The Balaban J connectivity index is 1.87. The third-order valence-electron chi connectivity index (χ3n) is 5.64. The van der Waals surface area contributed by atoms with E-state index in [9.17, 15) is 4.79 Å². The summed E-state index contributed by atoms with van der Waals surface area (Å²) < 4.78 is 16.6. The molecule has 3 aromatic heterocycles. The Morgan fingerprint density at radius 1 is 1.09 bits per heavy atom. The number of aromatic nitrogens is 1. The SMILES string of the molecule is COc1cccc([C@H](Nc2cc(C)ccn2)c2c(NC(=O)c3ccco3)sc(C)c2C)c1OC. The molecule has 0 saturated heterocycles. The summed E-state index contributed by atoms with van der Waals surface area (Å²) in [6, 6.07) is 12.6.